The fourth-order valence-corrected chi connectivity index (χ4v) is 1.65. The molecule has 0 spiro atoms. The highest BCUT2D eigenvalue weighted by Crippen LogP contribution is 2.24. The van der Waals surface area contributed by atoms with Gasteiger partial charge in [-0.15, -0.1) is 0 Å². The molecule has 1 aromatic rings. The van der Waals surface area contributed by atoms with E-state index in [1.54, 1.807) is 12.3 Å². The molecule has 0 saturated carbocycles. The minimum Gasteiger partial charge on any atom is -0.489 e. The van der Waals surface area contributed by atoms with Crippen LogP contribution in [-0.2, 0) is 6.54 Å². The summed E-state index contributed by atoms with van der Waals surface area (Å²) in [5.41, 5.74) is 1.07. The van der Waals surface area contributed by atoms with Crippen molar-refractivity contribution in [3.05, 3.63) is 23.0 Å². The molecule has 2 heterocycles. The Morgan fingerprint density at radius 3 is 3.36 bits per heavy atom. The van der Waals surface area contributed by atoms with Gasteiger partial charge >= 0.3 is 0 Å². The molecule has 14 heavy (non-hydrogen) atoms. The second-order valence-corrected chi connectivity index (χ2v) is 3.78. The van der Waals surface area contributed by atoms with Gasteiger partial charge in [-0.05, 0) is 6.42 Å². The van der Waals surface area contributed by atoms with Crippen LogP contribution in [0.5, 0.6) is 5.75 Å². The number of aromatic nitrogens is 1. The molecule has 0 aliphatic carbocycles. The molecule has 0 saturated heterocycles. The Bertz CT molecular complexity index is 330. The molecule has 0 unspecified atom stereocenters. The summed E-state index contributed by atoms with van der Waals surface area (Å²) in [5, 5.41) is 3.80. The average molecular weight is 213 g/mol. The monoisotopic (exact) mass is 212 g/mol. The summed E-state index contributed by atoms with van der Waals surface area (Å²) in [6, 6.07) is 1.78. The van der Waals surface area contributed by atoms with Crippen molar-refractivity contribution in [2.24, 2.45) is 0 Å². The van der Waals surface area contributed by atoms with E-state index in [0.717, 1.165) is 30.8 Å². The molecule has 1 N–H and O–H groups in total. The summed E-state index contributed by atoms with van der Waals surface area (Å²) >= 11 is 5.81. The van der Waals surface area contributed by atoms with Crippen molar-refractivity contribution in [1.29, 1.82) is 0 Å². The number of halogens is 1. The van der Waals surface area contributed by atoms with E-state index < -0.39 is 0 Å². The fraction of sp³-hybridized carbons (Fsp3) is 0.500. The Labute approximate surface area is 88.4 Å². The van der Waals surface area contributed by atoms with E-state index in [1.165, 1.54) is 0 Å². The van der Waals surface area contributed by atoms with Crippen LogP contribution in [0.3, 0.4) is 0 Å². The quantitative estimate of drug-likeness (QED) is 0.723. The maximum atomic E-state index is 5.81. The smallest absolute Gasteiger partial charge is 0.132 e. The Morgan fingerprint density at radius 1 is 1.71 bits per heavy atom. The van der Waals surface area contributed by atoms with Crippen molar-refractivity contribution in [1.82, 2.24) is 10.3 Å². The maximum absolute atomic E-state index is 5.81. The number of nitrogens with zero attached hydrogens (tertiary/aromatic N) is 1. The number of ether oxygens (including phenoxy) is 1. The topological polar surface area (TPSA) is 34.2 Å². The second-order valence-electron chi connectivity index (χ2n) is 3.39. The SMILES string of the molecule is CC[C@@H]1CNCc2cnc(Cl)cc2O1. The molecule has 76 valence electrons. The van der Waals surface area contributed by atoms with Crippen LogP contribution in [0.15, 0.2) is 12.3 Å². The Morgan fingerprint density at radius 2 is 2.57 bits per heavy atom. The van der Waals surface area contributed by atoms with Crippen molar-refractivity contribution < 1.29 is 4.74 Å². The van der Waals surface area contributed by atoms with E-state index in [-0.39, 0.29) is 6.10 Å². The van der Waals surface area contributed by atoms with Gasteiger partial charge in [-0.25, -0.2) is 4.98 Å². The number of fused-ring (bicyclic) bond motifs is 1. The van der Waals surface area contributed by atoms with Crippen LogP contribution >= 0.6 is 11.6 Å². The van der Waals surface area contributed by atoms with Gasteiger partial charge in [-0.3, -0.25) is 0 Å². The van der Waals surface area contributed by atoms with Gasteiger partial charge in [0.1, 0.15) is 17.0 Å². The highest BCUT2D eigenvalue weighted by atomic mass is 35.5. The van der Waals surface area contributed by atoms with E-state index in [2.05, 4.69) is 17.2 Å². The molecule has 0 amide bonds. The van der Waals surface area contributed by atoms with Gasteiger partial charge in [0.05, 0.1) is 0 Å². The molecule has 1 aromatic heterocycles. The van der Waals surface area contributed by atoms with Crippen molar-refractivity contribution in [2.45, 2.75) is 26.0 Å². The van der Waals surface area contributed by atoms with Gasteiger partial charge < -0.3 is 10.1 Å². The lowest BCUT2D eigenvalue weighted by Gasteiger charge is -2.14. The largest absolute Gasteiger partial charge is 0.489 e. The summed E-state index contributed by atoms with van der Waals surface area (Å²) in [4.78, 5) is 4.03. The first-order valence-corrected chi connectivity index (χ1v) is 5.19. The Balaban J connectivity index is 2.28. The zero-order valence-corrected chi connectivity index (χ0v) is 8.84. The molecule has 1 atom stereocenters. The Kier molecular flexibility index (Phi) is 2.89. The molecular formula is C10H13ClN2O. The first kappa shape index (κ1) is 9.74. The molecular weight excluding hydrogens is 200 g/mol. The van der Waals surface area contributed by atoms with Crippen molar-refractivity contribution >= 4 is 11.6 Å². The van der Waals surface area contributed by atoms with Crippen molar-refractivity contribution in [3.8, 4) is 5.75 Å². The van der Waals surface area contributed by atoms with E-state index in [0.29, 0.717) is 5.15 Å². The first-order chi connectivity index (χ1) is 6.79. The molecule has 2 rings (SSSR count). The van der Waals surface area contributed by atoms with Crippen LogP contribution in [0.2, 0.25) is 5.15 Å². The highest BCUT2D eigenvalue weighted by Gasteiger charge is 2.16. The van der Waals surface area contributed by atoms with E-state index in [9.17, 15) is 0 Å². The lowest BCUT2D eigenvalue weighted by molar-refractivity contribution is 0.202. The third-order valence-electron chi connectivity index (χ3n) is 2.35. The molecule has 0 radical (unpaired) electrons. The Hall–Kier alpha value is -0.800. The summed E-state index contributed by atoms with van der Waals surface area (Å²) in [6.07, 6.45) is 2.99. The summed E-state index contributed by atoms with van der Waals surface area (Å²) in [6.45, 7) is 3.79. The van der Waals surface area contributed by atoms with E-state index in [1.807, 2.05) is 0 Å². The molecule has 0 fully saturated rings. The van der Waals surface area contributed by atoms with Gasteiger partial charge in [0.25, 0.3) is 0 Å². The molecule has 1 aliphatic rings. The van der Waals surface area contributed by atoms with Crippen LogP contribution < -0.4 is 10.1 Å². The first-order valence-electron chi connectivity index (χ1n) is 4.81. The predicted octanol–water partition coefficient (Wildman–Crippen LogP) is 2.00. The third-order valence-corrected chi connectivity index (χ3v) is 2.55. The highest BCUT2D eigenvalue weighted by molar-refractivity contribution is 6.29. The van der Waals surface area contributed by atoms with E-state index in [4.69, 9.17) is 16.3 Å². The number of nitrogens with one attached hydrogen (secondary N) is 1. The average Bonchev–Trinajstić information content (AvgIpc) is 2.38. The summed E-state index contributed by atoms with van der Waals surface area (Å²) in [5.74, 6) is 0.863. The number of hydrogen-bond acceptors (Lipinski definition) is 3. The van der Waals surface area contributed by atoms with Crippen LogP contribution in [0, 0.1) is 0 Å². The van der Waals surface area contributed by atoms with Crippen LogP contribution in [-0.4, -0.2) is 17.6 Å². The zero-order chi connectivity index (χ0) is 9.97. The lowest BCUT2D eigenvalue weighted by atomic mass is 10.2. The zero-order valence-electron chi connectivity index (χ0n) is 8.09. The lowest BCUT2D eigenvalue weighted by Crippen LogP contribution is -2.27. The normalized spacial score (nSPS) is 20.9. The third kappa shape index (κ3) is 1.99. The second kappa shape index (κ2) is 4.15. The van der Waals surface area contributed by atoms with Gasteiger partial charge in [0, 0.05) is 30.9 Å². The molecule has 0 aromatic carbocycles. The van der Waals surface area contributed by atoms with Gasteiger partial charge in [-0.1, -0.05) is 18.5 Å². The number of hydrogen-bond donors (Lipinski definition) is 1. The summed E-state index contributed by atoms with van der Waals surface area (Å²) < 4.78 is 5.80. The van der Waals surface area contributed by atoms with Gasteiger partial charge in [0.15, 0.2) is 0 Å². The minimum absolute atomic E-state index is 0.231. The van der Waals surface area contributed by atoms with Gasteiger partial charge in [-0.2, -0.15) is 0 Å². The van der Waals surface area contributed by atoms with E-state index >= 15 is 0 Å². The van der Waals surface area contributed by atoms with Crippen LogP contribution in [0.1, 0.15) is 18.9 Å². The minimum atomic E-state index is 0.231. The fourth-order valence-electron chi connectivity index (χ4n) is 1.50. The van der Waals surface area contributed by atoms with Crippen molar-refractivity contribution in [3.63, 3.8) is 0 Å². The van der Waals surface area contributed by atoms with Crippen molar-refractivity contribution in [2.75, 3.05) is 6.54 Å². The molecule has 3 nitrogen and oxygen atoms in total. The van der Waals surface area contributed by atoms with Gasteiger partial charge in [0.2, 0.25) is 0 Å². The van der Waals surface area contributed by atoms with Crippen LogP contribution in [0.25, 0.3) is 0 Å². The number of pyridine rings is 1. The van der Waals surface area contributed by atoms with Crippen LogP contribution in [0.4, 0.5) is 0 Å². The maximum Gasteiger partial charge on any atom is 0.132 e. The molecule has 0 bridgehead atoms. The number of rotatable bonds is 1. The standard InChI is InChI=1S/C10H13ClN2O/c1-2-8-6-12-4-7-5-13-10(11)3-9(7)14-8/h3,5,8,12H,2,4,6H2,1H3/t8-/m1/s1. The molecule has 1 aliphatic heterocycles. The predicted molar refractivity (Wildman–Crippen MR) is 55.7 cm³/mol. The summed E-state index contributed by atoms with van der Waals surface area (Å²) in [7, 11) is 0. The molecule has 4 heteroatoms.